The molecule has 6 rings (SSSR count). The van der Waals surface area contributed by atoms with Gasteiger partial charge in [0, 0.05) is 38.9 Å². The number of H-pyrrole nitrogens is 1. The van der Waals surface area contributed by atoms with Crippen molar-refractivity contribution in [3.63, 3.8) is 0 Å². The van der Waals surface area contributed by atoms with Gasteiger partial charge in [-0.15, -0.1) is 11.3 Å². The van der Waals surface area contributed by atoms with Crippen LogP contribution in [-0.4, -0.2) is 26.2 Å². The average molecular weight is 489 g/mol. The highest BCUT2D eigenvalue weighted by atomic mass is 32.2. The van der Waals surface area contributed by atoms with Crippen molar-refractivity contribution in [3.8, 4) is 0 Å². The highest BCUT2D eigenvalue weighted by molar-refractivity contribution is 7.99. The lowest BCUT2D eigenvalue weighted by Gasteiger charge is -2.09. The minimum absolute atomic E-state index is 0.0925. The molecule has 0 fully saturated rings. The summed E-state index contributed by atoms with van der Waals surface area (Å²) in [6.07, 6.45) is 4.28. The number of aromatic amines is 1. The van der Waals surface area contributed by atoms with Crippen molar-refractivity contribution in [2.75, 3.05) is 11.1 Å². The Labute approximate surface area is 204 Å². The van der Waals surface area contributed by atoms with Gasteiger partial charge in [0.05, 0.1) is 11.1 Å². The number of hydrogen-bond donors (Lipinski definition) is 2. The van der Waals surface area contributed by atoms with E-state index < -0.39 is 0 Å². The summed E-state index contributed by atoms with van der Waals surface area (Å²) in [6, 6.07) is 14.4. The molecule has 0 saturated carbocycles. The van der Waals surface area contributed by atoms with Crippen LogP contribution in [0.25, 0.3) is 32.0 Å². The van der Waals surface area contributed by atoms with E-state index in [0.29, 0.717) is 5.16 Å². The summed E-state index contributed by atoms with van der Waals surface area (Å²) in [5.74, 6) is 0.0469. The minimum Gasteiger partial charge on any atom is -0.341 e. The van der Waals surface area contributed by atoms with E-state index in [1.54, 1.807) is 11.3 Å². The van der Waals surface area contributed by atoms with Gasteiger partial charge in [-0.25, -0.2) is 4.98 Å². The van der Waals surface area contributed by atoms with Gasteiger partial charge in [-0.1, -0.05) is 30.0 Å². The Morgan fingerprint density at radius 3 is 2.85 bits per heavy atom. The molecule has 1 aliphatic rings. The molecule has 0 radical (unpaired) electrons. The number of amides is 1. The predicted octanol–water partition coefficient (Wildman–Crippen LogP) is 5.72. The maximum atomic E-state index is 12.7. The van der Waals surface area contributed by atoms with E-state index in [1.807, 2.05) is 18.2 Å². The maximum Gasteiger partial charge on any atom is 0.260 e. The molecule has 0 aliphatic heterocycles. The van der Waals surface area contributed by atoms with Crippen LogP contribution >= 0.6 is 23.1 Å². The normalized spacial score (nSPS) is 13.6. The number of carbonyl (C=O) groups is 1. The monoisotopic (exact) mass is 488 g/mol. The number of hydrogen-bond acceptors (Lipinski definition) is 5. The van der Waals surface area contributed by atoms with E-state index >= 15 is 0 Å². The molecule has 6 nitrogen and oxygen atoms in total. The molecule has 2 aromatic carbocycles. The van der Waals surface area contributed by atoms with Crippen molar-refractivity contribution in [3.05, 3.63) is 63.3 Å². The Morgan fingerprint density at radius 1 is 1.15 bits per heavy atom. The number of fused-ring (bicyclic) bond motifs is 6. The number of nitrogens with one attached hydrogen (secondary N) is 2. The average Bonchev–Trinajstić information content (AvgIpc) is 3.38. The number of thioether (sulfide) groups is 1. The third kappa shape index (κ3) is 3.61. The summed E-state index contributed by atoms with van der Waals surface area (Å²) >= 11 is 2.88. The molecule has 5 aromatic rings. The molecule has 2 N–H and O–H groups in total. The third-order valence-corrected chi connectivity index (χ3v) is 8.57. The van der Waals surface area contributed by atoms with Crippen LogP contribution in [0, 0.1) is 0 Å². The molecule has 34 heavy (non-hydrogen) atoms. The second-order valence-electron chi connectivity index (χ2n) is 8.59. The molecule has 1 amide bonds. The van der Waals surface area contributed by atoms with E-state index in [4.69, 9.17) is 0 Å². The molecule has 0 bridgehead atoms. The van der Waals surface area contributed by atoms with Gasteiger partial charge in [-0.2, -0.15) is 0 Å². The topological polar surface area (TPSA) is 79.8 Å². The smallest absolute Gasteiger partial charge is 0.260 e. The fraction of sp³-hybridized carbons (Fsp3) is 0.269. The van der Waals surface area contributed by atoms with Crippen LogP contribution in [-0.2, 0) is 24.2 Å². The number of anilines is 1. The summed E-state index contributed by atoms with van der Waals surface area (Å²) in [4.78, 5) is 35.0. The number of aryl methyl sites for hydroxylation is 3. The Balaban J connectivity index is 1.21. The molecule has 3 aromatic heterocycles. The van der Waals surface area contributed by atoms with Gasteiger partial charge in [-0.05, 0) is 62.4 Å². The van der Waals surface area contributed by atoms with Crippen LogP contribution in [0.15, 0.2) is 52.4 Å². The SMILES string of the molecule is CCn1c2ccccc2c2cc(NC(=O)CSc3nc4sc5c(c4c(=O)[nH]3)CCCC5)ccc21. The molecule has 3 heterocycles. The van der Waals surface area contributed by atoms with Crippen LogP contribution in [0.2, 0.25) is 0 Å². The lowest BCUT2D eigenvalue weighted by atomic mass is 9.97. The number of rotatable bonds is 5. The molecule has 0 saturated heterocycles. The standard InChI is InChI=1S/C26H24N4O2S2/c1-2-30-19-9-5-3-7-16(19)18-13-15(11-12-20(18)30)27-22(31)14-33-26-28-24(32)23-17-8-4-6-10-21(17)34-25(23)29-26/h3,5,7,9,11-13H,2,4,6,8,10,14H2,1H3,(H,27,31)(H,28,29,32). The van der Waals surface area contributed by atoms with Crippen molar-refractivity contribution in [1.29, 1.82) is 0 Å². The van der Waals surface area contributed by atoms with E-state index in [0.717, 1.165) is 52.6 Å². The van der Waals surface area contributed by atoms with E-state index in [-0.39, 0.29) is 17.2 Å². The Bertz CT molecular complexity index is 1630. The largest absolute Gasteiger partial charge is 0.341 e. The van der Waals surface area contributed by atoms with Crippen LogP contribution in [0.3, 0.4) is 0 Å². The van der Waals surface area contributed by atoms with Gasteiger partial charge in [0.2, 0.25) is 5.91 Å². The summed E-state index contributed by atoms with van der Waals surface area (Å²) in [7, 11) is 0. The fourth-order valence-electron chi connectivity index (χ4n) is 5.02. The van der Waals surface area contributed by atoms with Crippen LogP contribution in [0.4, 0.5) is 5.69 Å². The highest BCUT2D eigenvalue weighted by Gasteiger charge is 2.20. The Hall–Kier alpha value is -3.10. The molecule has 0 spiro atoms. The van der Waals surface area contributed by atoms with Gasteiger partial charge >= 0.3 is 0 Å². The van der Waals surface area contributed by atoms with Crippen molar-refractivity contribution in [2.45, 2.75) is 44.3 Å². The third-order valence-electron chi connectivity index (χ3n) is 6.52. The van der Waals surface area contributed by atoms with Gasteiger partial charge < -0.3 is 14.9 Å². The van der Waals surface area contributed by atoms with Crippen molar-refractivity contribution >= 4 is 66.7 Å². The second-order valence-corrected chi connectivity index (χ2v) is 10.6. The van der Waals surface area contributed by atoms with E-state index in [1.165, 1.54) is 39.5 Å². The Morgan fingerprint density at radius 2 is 1.97 bits per heavy atom. The number of aromatic nitrogens is 3. The molecular formula is C26H24N4O2S2. The maximum absolute atomic E-state index is 12.7. The summed E-state index contributed by atoms with van der Waals surface area (Å²) in [5.41, 5.74) is 4.20. The lowest BCUT2D eigenvalue weighted by molar-refractivity contribution is -0.113. The molecule has 0 unspecified atom stereocenters. The van der Waals surface area contributed by atoms with Crippen LogP contribution in [0.5, 0.6) is 0 Å². The lowest BCUT2D eigenvalue weighted by Crippen LogP contribution is -2.15. The van der Waals surface area contributed by atoms with Gasteiger partial charge in [0.25, 0.3) is 5.56 Å². The number of thiophene rings is 1. The first-order chi connectivity index (χ1) is 16.6. The van der Waals surface area contributed by atoms with Gasteiger partial charge in [0.1, 0.15) is 4.83 Å². The number of para-hydroxylation sites is 1. The van der Waals surface area contributed by atoms with E-state index in [2.05, 4.69) is 51.0 Å². The minimum atomic E-state index is -0.128. The predicted molar refractivity (Wildman–Crippen MR) is 141 cm³/mol. The quantitative estimate of drug-likeness (QED) is 0.245. The van der Waals surface area contributed by atoms with Gasteiger partial charge in [-0.3, -0.25) is 9.59 Å². The first kappa shape index (κ1) is 21.4. The van der Waals surface area contributed by atoms with E-state index in [9.17, 15) is 9.59 Å². The summed E-state index contributed by atoms with van der Waals surface area (Å²) in [5, 5.41) is 6.54. The van der Waals surface area contributed by atoms with Crippen LogP contribution in [0.1, 0.15) is 30.2 Å². The number of nitrogens with zero attached hydrogens (tertiary/aromatic N) is 2. The number of benzene rings is 2. The fourth-order valence-corrected chi connectivity index (χ4v) is 7.00. The van der Waals surface area contributed by atoms with Crippen molar-refractivity contribution in [1.82, 2.24) is 14.5 Å². The summed E-state index contributed by atoms with van der Waals surface area (Å²) in [6.45, 7) is 3.02. The molecule has 8 heteroatoms. The molecule has 0 atom stereocenters. The van der Waals surface area contributed by atoms with Crippen molar-refractivity contribution < 1.29 is 4.79 Å². The Kier molecular flexibility index (Phi) is 5.42. The molecular weight excluding hydrogens is 464 g/mol. The van der Waals surface area contributed by atoms with Gasteiger partial charge in [0.15, 0.2) is 5.16 Å². The zero-order valence-corrected chi connectivity index (χ0v) is 20.4. The zero-order valence-electron chi connectivity index (χ0n) is 18.8. The van der Waals surface area contributed by atoms with Crippen molar-refractivity contribution in [2.24, 2.45) is 0 Å². The molecule has 172 valence electrons. The summed E-state index contributed by atoms with van der Waals surface area (Å²) < 4.78 is 2.28. The van der Waals surface area contributed by atoms with Crippen LogP contribution < -0.4 is 10.9 Å². The number of carbonyl (C=O) groups excluding carboxylic acids is 1. The highest BCUT2D eigenvalue weighted by Crippen LogP contribution is 2.34. The molecule has 1 aliphatic carbocycles. The first-order valence-electron chi connectivity index (χ1n) is 11.6. The second kappa shape index (κ2) is 8.60. The zero-order chi connectivity index (χ0) is 23.2. The first-order valence-corrected chi connectivity index (χ1v) is 13.4.